The molecule has 0 aromatic heterocycles. The Labute approximate surface area is 113 Å². The molecule has 1 N–H and O–H groups in total. The molecule has 2 unspecified atom stereocenters. The Kier molecular flexibility index (Phi) is 5.01. The smallest absolute Gasteiger partial charge is 0.0917 e. The summed E-state index contributed by atoms with van der Waals surface area (Å²) >= 11 is 5.94. The summed E-state index contributed by atoms with van der Waals surface area (Å²) in [5, 5.41) is 10.9. The maximum atomic E-state index is 10.3. The molecule has 1 saturated heterocycles. The van der Waals surface area contributed by atoms with Crippen LogP contribution < -0.4 is 0 Å². The number of hydrogen-bond acceptors (Lipinski definition) is 3. The van der Waals surface area contributed by atoms with E-state index in [0.29, 0.717) is 17.6 Å². The normalized spacial score (nSPS) is 22.3. The fraction of sp³-hybridized carbons (Fsp3) is 0.571. The predicted octanol–water partition coefficient (Wildman–Crippen LogP) is 2.48. The summed E-state index contributed by atoms with van der Waals surface area (Å²) in [6, 6.07) is 7.87. The first-order valence-corrected chi connectivity index (χ1v) is 6.75. The molecule has 3 nitrogen and oxygen atoms in total. The molecule has 1 heterocycles. The van der Waals surface area contributed by atoms with Crippen LogP contribution in [0.5, 0.6) is 0 Å². The lowest BCUT2D eigenvalue weighted by Gasteiger charge is -2.26. The molecule has 4 heteroatoms. The number of methoxy groups -OCH3 is 1. The number of aliphatic hydroxyl groups is 1. The van der Waals surface area contributed by atoms with Crippen LogP contribution in [-0.4, -0.2) is 42.9 Å². The number of ether oxygens (including phenoxy) is 1. The standard InChI is InChI=1S/C14H20ClNO2/c1-18-10-13-6-3-7-16(13)9-14(17)11-4-2-5-12(15)8-11/h2,4-5,8,13-14,17H,3,6-7,9-10H2,1H3. The van der Waals surface area contributed by atoms with E-state index < -0.39 is 6.10 Å². The Morgan fingerprint density at radius 1 is 1.56 bits per heavy atom. The van der Waals surface area contributed by atoms with E-state index in [-0.39, 0.29) is 0 Å². The molecule has 1 aromatic carbocycles. The van der Waals surface area contributed by atoms with Crippen LogP contribution >= 0.6 is 11.6 Å². The molecule has 2 rings (SSSR count). The average molecular weight is 270 g/mol. The maximum absolute atomic E-state index is 10.3. The first-order chi connectivity index (χ1) is 8.70. The minimum absolute atomic E-state index is 0.434. The number of rotatable bonds is 5. The summed E-state index contributed by atoms with van der Waals surface area (Å²) in [5.74, 6) is 0. The number of benzene rings is 1. The minimum Gasteiger partial charge on any atom is -0.387 e. The number of β-amino-alcohol motifs (C(OH)–C–C–N with tert-alkyl or cyclic N) is 1. The highest BCUT2D eigenvalue weighted by atomic mass is 35.5. The van der Waals surface area contributed by atoms with Gasteiger partial charge in [-0.25, -0.2) is 0 Å². The molecule has 0 spiro atoms. The molecule has 1 aliphatic rings. The summed E-state index contributed by atoms with van der Waals surface area (Å²) in [7, 11) is 1.73. The summed E-state index contributed by atoms with van der Waals surface area (Å²) < 4.78 is 5.22. The van der Waals surface area contributed by atoms with Gasteiger partial charge in [0, 0.05) is 24.7 Å². The van der Waals surface area contributed by atoms with Gasteiger partial charge >= 0.3 is 0 Å². The molecule has 2 atom stereocenters. The number of halogens is 1. The fourth-order valence-electron chi connectivity index (χ4n) is 2.56. The van der Waals surface area contributed by atoms with Gasteiger partial charge in [0.05, 0.1) is 12.7 Å². The molecule has 1 aromatic rings. The number of hydrogen-bond donors (Lipinski definition) is 1. The second kappa shape index (κ2) is 6.53. The molecule has 1 aliphatic heterocycles. The van der Waals surface area contributed by atoms with Gasteiger partial charge in [0.15, 0.2) is 0 Å². The molecule has 0 amide bonds. The van der Waals surface area contributed by atoms with E-state index in [9.17, 15) is 5.11 Å². The van der Waals surface area contributed by atoms with Gasteiger partial charge < -0.3 is 9.84 Å². The van der Waals surface area contributed by atoms with Gasteiger partial charge in [-0.1, -0.05) is 23.7 Å². The van der Waals surface area contributed by atoms with Crippen LogP contribution in [0.4, 0.5) is 0 Å². The van der Waals surface area contributed by atoms with Crippen LogP contribution in [0.25, 0.3) is 0 Å². The van der Waals surface area contributed by atoms with Crippen molar-refractivity contribution in [3.8, 4) is 0 Å². The van der Waals surface area contributed by atoms with Gasteiger partial charge in [-0.2, -0.15) is 0 Å². The summed E-state index contributed by atoms with van der Waals surface area (Å²) in [4.78, 5) is 2.30. The molecular weight excluding hydrogens is 250 g/mol. The van der Waals surface area contributed by atoms with E-state index in [1.165, 1.54) is 6.42 Å². The molecule has 0 bridgehead atoms. The van der Waals surface area contributed by atoms with E-state index in [1.54, 1.807) is 7.11 Å². The average Bonchev–Trinajstić information content (AvgIpc) is 2.77. The highest BCUT2D eigenvalue weighted by Gasteiger charge is 2.26. The van der Waals surface area contributed by atoms with Gasteiger partial charge in [-0.15, -0.1) is 0 Å². The molecule has 1 fully saturated rings. The first-order valence-electron chi connectivity index (χ1n) is 6.37. The van der Waals surface area contributed by atoms with Crippen LogP contribution in [0.2, 0.25) is 5.02 Å². The fourth-order valence-corrected chi connectivity index (χ4v) is 2.76. The molecule has 100 valence electrons. The molecule has 18 heavy (non-hydrogen) atoms. The van der Waals surface area contributed by atoms with E-state index >= 15 is 0 Å². The van der Waals surface area contributed by atoms with Crippen molar-refractivity contribution in [2.75, 3.05) is 26.8 Å². The van der Waals surface area contributed by atoms with Crippen molar-refractivity contribution in [2.45, 2.75) is 25.0 Å². The SMILES string of the molecule is COCC1CCCN1CC(O)c1cccc(Cl)c1. The monoisotopic (exact) mass is 269 g/mol. The Balaban J connectivity index is 1.96. The van der Waals surface area contributed by atoms with Crippen LogP contribution in [0.3, 0.4) is 0 Å². The van der Waals surface area contributed by atoms with E-state index in [1.807, 2.05) is 24.3 Å². The van der Waals surface area contributed by atoms with Gasteiger partial charge in [0.2, 0.25) is 0 Å². The topological polar surface area (TPSA) is 32.7 Å². The molecule has 0 saturated carbocycles. The lowest BCUT2D eigenvalue weighted by atomic mass is 10.1. The number of aliphatic hydroxyl groups excluding tert-OH is 1. The third-order valence-corrected chi connectivity index (χ3v) is 3.73. The molecule has 0 aliphatic carbocycles. The zero-order valence-electron chi connectivity index (χ0n) is 10.7. The van der Waals surface area contributed by atoms with Crippen molar-refractivity contribution >= 4 is 11.6 Å². The van der Waals surface area contributed by atoms with E-state index in [2.05, 4.69) is 4.90 Å². The van der Waals surface area contributed by atoms with Crippen molar-refractivity contribution < 1.29 is 9.84 Å². The number of likely N-dealkylation sites (tertiary alicyclic amines) is 1. The summed E-state index contributed by atoms with van der Waals surface area (Å²) in [6.07, 6.45) is 1.84. The van der Waals surface area contributed by atoms with Crippen LogP contribution in [-0.2, 0) is 4.74 Å². The van der Waals surface area contributed by atoms with Crippen molar-refractivity contribution in [1.82, 2.24) is 4.90 Å². The third-order valence-electron chi connectivity index (χ3n) is 3.50. The van der Waals surface area contributed by atoms with Gasteiger partial charge in [0.1, 0.15) is 0 Å². The zero-order chi connectivity index (χ0) is 13.0. The second-order valence-electron chi connectivity index (χ2n) is 4.82. The zero-order valence-corrected chi connectivity index (χ0v) is 11.4. The van der Waals surface area contributed by atoms with Crippen LogP contribution in [0, 0.1) is 0 Å². The lowest BCUT2D eigenvalue weighted by Crippen LogP contribution is -2.36. The van der Waals surface area contributed by atoms with Crippen molar-refractivity contribution in [2.24, 2.45) is 0 Å². The highest BCUT2D eigenvalue weighted by molar-refractivity contribution is 6.30. The van der Waals surface area contributed by atoms with Crippen molar-refractivity contribution in [1.29, 1.82) is 0 Å². The van der Waals surface area contributed by atoms with Gasteiger partial charge in [-0.3, -0.25) is 4.90 Å². The summed E-state index contributed by atoms with van der Waals surface area (Å²) in [6.45, 7) is 2.42. The quantitative estimate of drug-likeness (QED) is 0.891. The second-order valence-corrected chi connectivity index (χ2v) is 5.25. The van der Waals surface area contributed by atoms with Crippen molar-refractivity contribution in [3.05, 3.63) is 34.9 Å². The molecule has 0 radical (unpaired) electrons. The van der Waals surface area contributed by atoms with E-state index in [0.717, 1.165) is 25.1 Å². The summed E-state index contributed by atoms with van der Waals surface area (Å²) in [5.41, 5.74) is 0.880. The lowest BCUT2D eigenvalue weighted by molar-refractivity contribution is 0.0703. The number of nitrogens with zero attached hydrogens (tertiary/aromatic N) is 1. The van der Waals surface area contributed by atoms with E-state index in [4.69, 9.17) is 16.3 Å². The third kappa shape index (κ3) is 3.45. The Hall–Kier alpha value is -0.610. The Morgan fingerprint density at radius 2 is 2.39 bits per heavy atom. The largest absolute Gasteiger partial charge is 0.387 e. The predicted molar refractivity (Wildman–Crippen MR) is 72.9 cm³/mol. The van der Waals surface area contributed by atoms with Gasteiger partial charge in [-0.05, 0) is 37.1 Å². The van der Waals surface area contributed by atoms with Crippen LogP contribution in [0.1, 0.15) is 24.5 Å². The van der Waals surface area contributed by atoms with Gasteiger partial charge in [0.25, 0.3) is 0 Å². The van der Waals surface area contributed by atoms with Crippen LogP contribution in [0.15, 0.2) is 24.3 Å². The highest BCUT2D eigenvalue weighted by Crippen LogP contribution is 2.23. The minimum atomic E-state index is -0.485. The molecular formula is C14H20ClNO2. The Morgan fingerprint density at radius 3 is 3.11 bits per heavy atom. The van der Waals surface area contributed by atoms with Crippen molar-refractivity contribution in [3.63, 3.8) is 0 Å². The Bertz CT molecular complexity index is 386. The first kappa shape index (κ1) is 13.8. The maximum Gasteiger partial charge on any atom is 0.0917 e.